The lowest BCUT2D eigenvalue weighted by Gasteiger charge is -2.08. The van der Waals surface area contributed by atoms with Crippen molar-refractivity contribution in [2.24, 2.45) is 0 Å². The molecule has 0 aliphatic heterocycles. The summed E-state index contributed by atoms with van der Waals surface area (Å²) in [5.41, 5.74) is 1.04. The zero-order valence-corrected chi connectivity index (χ0v) is 17.5. The Morgan fingerprint density at radius 3 is 2.70 bits per heavy atom. The molecule has 27 heavy (non-hydrogen) atoms. The van der Waals surface area contributed by atoms with Crippen LogP contribution in [-0.2, 0) is 22.5 Å². The Balaban J connectivity index is 2.12. The Labute approximate surface area is 165 Å². The Kier molecular flexibility index (Phi) is 7.66. The van der Waals surface area contributed by atoms with E-state index in [4.69, 9.17) is 4.74 Å². The number of nitrogens with zero attached hydrogens (tertiary/aromatic N) is 2. The first kappa shape index (κ1) is 21.2. The molecule has 0 radical (unpaired) electrons. The van der Waals surface area contributed by atoms with Gasteiger partial charge in [-0.05, 0) is 32.3 Å². The van der Waals surface area contributed by atoms with Crippen molar-refractivity contribution >= 4 is 40.0 Å². The average Bonchev–Trinajstić information content (AvgIpc) is 3.13. The number of aromatic amines is 1. The van der Waals surface area contributed by atoms with Gasteiger partial charge in [0.2, 0.25) is 5.91 Å². The number of hydrogen-bond donors (Lipinski definition) is 2. The minimum absolute atomic E-state index is 0.0781. The molecule has 2 aromatic heterocycles. The predicted octanol–water partition coefficient (Wildman–Crippen LogP) is 2.82. The molecule has 8 nitrogen and oxygen atoms in total. The summed E-state index contributed by atoms with van der Waals surface area (Å²) in [7, 11) is 0. The van der Waals surface area contributed by atoms with Gasteiger partial charge < -0.3 is 10.1 Å². The maximum absolute atomic E-state index is 12.4. The van der Waals surface area contributed by atoms with Crippen LogP contribution in [0.15, 0.2) is 9.95 Å². The van der Waals surface area contributed by atoms with Crippen molar-refractivity contribution in [3.63, 3.8) is 0 Å². The second-order valence-electron chi connectivity index (χ2n) is 5.71. The molecule has 2 N–H and O–H groups in total. The van der Waals surface area contributed by atoms with Crippen molar-refractivity contribution in [3.05, 3.63) is 26.5 Å². The molecule has 2 heterocycles. The molecule has 148 valence electrons. The van der Waals surface area contributed by atoms with Crippen molar-refractivity contribution in [3.8, 4) is 0 Å². The molecule has 2 aromatic rings. The molecule has 10 heteroatoms. The van der Waals surface area contributed by atoms with Crippen LogP contribution in [0.1, 0.15) is 48.0 Å². The van der Waals surface area contributed by atoms with E-state index in [0.29, 0.717) is 28.7 Å². The van der Waals surface area contributed by atoms with E-state index >= 15 is 0 Å². The van der Waals surface area contributed by atoms with E-state index in [9.17, 15) is 14.4 Å². The molecule has 0 bridgehead atoms. The van der Waals surface area contributed by atoms with Gasteiger partial charge in [-0.1, -0.05) is 25.6 Å². The molecule has 0 saturated carbocycles. The highest BCUT2D eigenvalue weighted by molar-refractivity contribution is 7.99. The number of carbonyl (C=O) groups is 2. The molecular weight excluding hydrogens is 388 g/mol. The van der Waals surface area contributed by atoms with Gasteiger partial charge in [0.1, 0.15) is 5.00 Å². The summed E-state index contributed by atoms with van der Waals surface area (Å²) in [6, 6.07) is 0. The number of aryl methyl sites for hydroxylation is 1. The van der Waals surface area contributed by atoms with Crippen molar-refractivity contribution in [2.45, 2.75) is 52.2 Å². The summed E-state index contributed by atoms with van der Waals surface area (Å²) >= 11 is 2.54. The number of nitrogens with one attached hydrogen (secondary N) is 2. The molecule has 0 spiro atoms. The minimum Gasteiger partial charge on any atom is -0.462 e. The lowest BCUT2D eigenvalue weighted by molar-refractivity contribution is -0.113. The summed E-state index contributed by atoms with van der Waals surface area (Å²) in [6.45, 7) is 8.40. The number of carbonyl (C=O) groups excluding carboxylic acids is 2. The molecule has 2 rings (SSSR count). The van der Waals surface area contributed by atoms with E-state index < -0.39 is 5.97 Å². The number of anilines is 1. The van der Waals surface area contributed by atoms with E-state index in [1.807, 2.05) is 20.8 Å². The fourth-order valence-corrected chi connectivity index (χ4v) is 4.56. The highest BCUT2D eigenvalue weighted by Crippen LogP contribution is 2.34. The number of H-pyrrole nitrogens is 1. The van der Waals surface area contributed by atoms with Gasteiger partial charge in [0, 0.05) is 11.4 Å². The van der Waals surface area contributed by atoms with Crippen LogP contribution < -0.4 is 11.0 Å². The Hall–Kier alpha value is -2.07. The van der Waals surface area contributed by atoms with Crippen LogP contribution in [0.5, 0.6) is 0 Å². The van der Waals surface area contributed by atoms with Crippen LogP contribution in [0.4, 0.5) is 5.00 Å². The Morgan fingerprint density at radius 1 is 1.33 bits per heavy atom. The topological polar surface area (TPSA) is 106 Å². The summed E-state index contributed by atoms with van der Waals surface area (Å²) in [6.07, 6.45) is 1.47. The van der Waals surface area contributed by atoms with E-state index in [1.165, 1.54) is 27.7 Å². The van der Waals surface area contributed by atoms with Crippen LogP contribution in [0, 0.1) is 6.92 Å². The molecule has 0 fully saturated rings. The first-order valence-corrected chi connectivity index (χ1v) is 10.6. The molecule has 0 aromatic carbocycles. The summed E-state index contributed by atoms with van der Waals surface area (Å²) in [4.78, 5) is 37.4. The second kappa shape index (κ2) is 9.75. The number of thioether (sulfide) groups is 1. The van der Waals surface area contributed by atoms with E-state index in [0.717, 1.165) is 16.9 Å². The highest BCUT2D eigenvalue weighted by atomic mass is 32.2. The largest absolute Gasteiger partial charge is 0.462 e. The third-order valence-electron chi connectivity index (χ3n) is 3.80. The molecule has 1 amide bonds. The van der Waals surface area contributed by atoms with Crippen LogP contribution >= 0.6 is 23.1 Å². The van der Waals surface area contributed by atoms with Gasteiger partial charge in [0.15, 0.2) is 5.16 Å². The zero-order chi connectivity index (χ0) is 20.0. The second-order valence-corrected chi connectivity index (χ2v) is 7.88. The van der Waals surface area contributed by atoms with E-state index in [2.05, 4.69) is 15.5 Å². The van der Waals surface area contributed by atoms with Crippen LogP contribution in [0.25, 0.3) is 0 Å². The van der Waals surface area contributed by atoms with Crippen LogP contribution in [-0.4, -0.2) is 39.0 Å². The van der Waals surface area contributed by atoms with Crippen molar-refractivity contribution in [2.75, 3.05) is 17.7 Å². The lowest BCUT2D eigenvalue weighted by Crippen LogP contribution is -2.19. The summed E-state index contributed by atoms with van der Waals surface area (Å²) < 4.78 is 6.65. The number of ether oxygens (including phenoxy) is 1. The van der Waals surface area contributed by atoms with Gasteiger partial charge in [0.25, 0.3) is 0 Å². The highest BCUT2D eigenvalue weighted by Gasteiger charge is 2.23. The number of aromatic nitrogens is 3. The Morgan fingerprint density at radius 2 is 2.07 bits per heavy atom. The van der Waals surface area contributed by atoms with Gasteiger partial charge in [-0.15, -0.1) is 16.4 Å². The smallest absolute Gasteiger partial charge is 0.343 e. The number of rotatable bonds is 9. The molecule has 0 saturated heterocycles. The van der Waals surface area contributed by atoms with E-state index in [-0.39, 0.29) is 24.0 Å². The molecule has 0 atom stereocenters. The van der Waals surface area contributed by atoms with Crippen molar-refractivity contribution in [1.82, 2.24) is 14.8 Å². The van der Waals surface area contributed by atoms with Gasteiger partial charge in [-0.2, -0.15) is 0 Å². The number of amides is 1. The quantitative estimate of drug-likeness (QED) is 0.485. The number of esters is 1. The van der Waals surface area contributed by atoms with Crippen molar-refractivity contribution in [1.29, 1.82) is 0 Å². The van der Waals surface area contributed by atoms with Gasteiger partial charge >= 0.3 is 11.7 Å². The predicted molar refractivity (Wildman–Crippen MR) is 107 cm³/mol. The zero-order valence-electron chi connectivity index (χ0n) is 15.9. The molecule has 0 aliphatic rings. The summed E-state index contributed by atoms with van der Waals surface area (Å²) in [5, 5.41) is 10.1. The van der Waals surface area contributed by atoms with E-state index in [1.54, 1.807) is 6.92 Å². The third kappa shape index (κ3) is 5.01. The van der Waals surface area contributed by atoms with Gasteiger partial charge in [-0.3, -0.25) is 9.36 Å². The molecular formula is C17H24N4O4S2. The standard InChI is InChI=1S/C17H24N4O4S2/c1-5-8-21-16(24)19-20-17(21)26-9-12(22)18-14-13(15(23)25-7-3)11(6-2)10(4)27-14/h5-9H2,1-4H3,(H,18,22)(H,19,24). The normalized spacial score (nSPS) is 10.8. The van der Waals surface area contributed by atoms with Gasteiger partial charge in [-0.25, -0.2) is 14.7 Å². The fraction of sp³-hybridized carbons (Fsp3) is 0.529. The van der Waals surface area contributed by atoms with Crippen LogP contribution in [0.3, 0.4) is 0 Å². The minimum atomic E-state index is -0.425. The summed E-state index contributed by atoms with van der Waals surface area (Å²) in [5.74, 6) is -0.618. The molecule has 0 aliphatic carbocycles. The number of thiophene rings is 1. The number of hydrogen-bond acceptors (Lipinski definition) is 7. The first-order valence-electron chi connectivity index (χ1n) is 8.80. The lowest BCUT2D eigenvalue weighted by atomic mass is 10.1. The Bertz CT molecular complexity index is 869. The maximum Gasteiger partial charge on any atom is 0.343 e. The van der Waals surface area contributed by atoms with Gasteiger partial charge in [0.05, 0.1) is 17.9 Å². The third-order valence-corrected chi connectivity index (χ3v) is 5.84. The first-order chi connectivity index (χ1) is 12.9. The average molecular weight is 413 g/mol. The molecule has 0 unspecified atom stereocenters. The van der Waals surface area contributed by atoms with Crippen LogP contribution in [0.2, 0.25) is 0 Å². The monoisotopic (exact) mass is 412 g/mol. The SMILES string of the molecule is CCCn1c(SCC(=O)Nc2sc(C)c(CC)c2C(=O)OCC)n[nH]c1=O. The van der Waals surface area contributed by atoms with Crippen molar-refractivity contribution < 1.29 is 14.3 Å². The fourth-order valence-electron chi connectivity index (χ4n) is 2.64. The maximum atomic E-state index is 12.4.